The molecule has 1 atom stereocenters. The van der Waals surface area contributed by atoms with Crippen molar-refractivity contribution in [3.63, 3.8) is 0 Å². The molecule has 1 N–H and O–H groups in total. The summed E-state index contributed by atoms with van der Waals surface area (Å²) < 4.78 is 1.12. The van der Waals surface area contributed by atoms with Gasteiger partial charge in [-0.05, 0) is 44.4 Å². The monoisotopic (exact) mass is 272 g/mol. The van der Waals surface area contributed by atoms with Gasteiger partial charge in [-0.1, -0.05) is 12.2 Å². The number of carbonyl (C=O) groups excluding carboxylic acids is 1. The van der Waals surface area contributed by atoms with Gasteiger partial charge in [0.05, 0.1) is 15.2 Å². The average molecular weight is 272 g/mol. The second-order valence-electron chi connectivity index (χ2n) is 4.89. The molecule has 0 aliphatic heterocycles. The van der Waals surface area contributed by atoms with Crippen LogP contribution in [0.3, 0.4) is 0 Å². The van der Waals surface area contributed by atoms with Gasteiger partial charge in [-0.2, -0.15) is 0 Å². The third kappa shape index (κ3) is 2.68. The predicted octanol–water partition coefficient (Wildman–Crippen LogP) is 3.90. The van der Waals surface area contributed by atoms with Crippen molar-refractivity contribution >= 4 is 33.1 Å². The van der Waals surface area contributed by atoms with Crippen molar-refractivity contribution < 1.29 is 4.79 Å². The number of thiazole rings is 1. The Morgan fingerprint density at radius 2 is 2.32 bits per heavy atom. The number of allylic oxidation sites excluding steroid dienone is 2. The van der Waals surface area contributed by atoms with Crippen LogP contribution in [0.1, 0.15) is 24.3 Å². The number of carbonyl (C=O) groups is 1. The first-order chi connectivity index (χ1) is 9.22. The number of rotatable bonds is 2. The Morgan fingerprint density at radius 1 is 1.42 bits per heavy atom. The van der Waals surface area contributed by atoms with E-state index in [-0.39, 0.29) is 11.8 Å². The molecule has 0 radical (unpaired) electrons. The van der Waals surface area contributed by atoms with Crippen LogP contribution < -0.4 is 5.32 Å². The molecule has 0 unspecified atom stereocenters. The van der Waals surface area contributed by atoms with E-state index in [9.17, 15) is 4.79 Å². The SMILES string of the molecule is Cc1nc2ccc(NC(=O)[C@H]3CC=CCC3)cc2s1. The summed E-state index contributed by atoms with van der Waals surface area (Å²) in [5.74, 6) is 0.244. The minimum Gasteiger partial charge on any atom is -0.326 e. The van der Waals surface area contributed by atoms with Gasteiger partial charge in [0.1, 0.15) is 0 Å². The van der Waals surface area contributed by atoms with Gasteiger partial charge in [-0.25, -0.2) is 4.98 Å². The fourth-order valence-corrected chi connectivity index (χ4v) is 3.26. The van der Waals surface area contributed by atoms with Crippen LogP contribution in [0.4, 0.5) is 5.69 Å². The number of nitrogens with zero attached hydrogens (tertiary/aromatic N) is 1. The van der Waals surface area contributed by atoms with E-state index >= 15 is 0 Å². The molecule has 2 aromatic rings. The highest BCUT2D eigenvalue weighted by molar-refractivity contribution is 7.18. The van der Waals surface area contributed by atoms with E-state index in [1.165, 1.54) is 0 Å². The Bertz CT molecular complexity index is 645. The van der Waals surface area contributed by atoms with E-state index in [0.29, 0.717) is 0 Å². The average Bonchev–Trinajstić information content (AvgIpc) is 2.79. The fourth-order valence-electron chi connectivity index (χ4n) is 2.39. The minimum atomic E-state index is 0.115. The molecule has 0 saturated carbocycles. The number of aryl methyl sites for hydroxylation is 1. The third-order valence-electron chi connectivity index (χ3n) is 3.40. The van der Waals surface area contributed by atoms with Crippen molar-refractivity contribution in [1.82, 2.24) is 4.98 Å². The zero-order valence-electron chi connectivity index (χ0n) is 10.8. The third-order valence-corrected chi connectivity index (χ3v) is 4.34. The van der Waals surface area contributed by atoms with Gasteiger partial charge >= 0.3 is 0 Å². The van der Waals surface area contributed by atoms with Gasteiger partial charge in [-0.3, -0.25) is 4.79 Å². The molecule has 1 aliphatic carbocycles. The summed E-state index contributed by atoms with van der Waals surface area (Å²) in [6, 6.07) is 5.91. The molecule has 0 saturated heterocycles. The molecule has 0 fully saturated rings. The van der Waals surface area contributed by atoms with Crippen molar-refractivity contribution in [2.45, 2.75) is 26.2 Å². The van der Waals surface area contributed by atoms with Crippen molar-refractivity contribution in [3.05, 3.63) is 35.4 Å². The Labute approximate surface area is 116 Å². The Kier molecular flexibility index (Phi) is 3.34. The molecule has 98 valence electrons. The van der Waals surface area contributed by atoms with E-state index < -0.39 is 0 Å². The summed E-state index contributed by atoms with van der Waals surface area (Å²) in [6.45, 7) is 2.00. The van der Waals surface area contributed by atoms with E-state index in [1.807, 2.05) is 25.1 Å². The number of fused-ring (bicyclic) bond motifs is 1. The number of hydrogen-bond donors (Lipinski definition) is 1. The molecule has 1 aliphatic rings. The molecule has 0 spiro atoms. The summed E-state index contributed by atoms with van der Waals surface area (Å²) in [6.07, 6.45) is 7.06. The first-order valence-electron chi connectivity index (χ1n) is 6.55. The topological polar surface area (TPSA) is 42.0 Å². The largest absolute Gasteiger partial charge is 0.326 e. The van der Waals surface area contributed by atoms with Gasteiger partial charge in [0.25, 0.3) is 0 Å². The number of hydrogen-bond acceptors (Lipinski definition) is 3. The molecule has 1 aromatic heterocycles. The highest BCUT2D eigenvalue weighted by Gasteiger charge is 2.18. The molecular weight excluding hydrogens is 256 g/mol. The van der Waals surface area contributed by atoms with Gasteiger partial charge in [0, 0.05) is 11.6 Å². The summed E-state index contributed by atoms with van der Waals surface area (Å²) in [7, 11) is 0. The first kappa shape index (κ1) is 12.4. The van der Waals surface area contributed by atoms with Gasteiger partial charge in [0.2, 0.25) is 5.91 Å². The number of aromatic nitrogens is 1. The van der Waals surface area contributed by atoms with Crippen LogP contribution in [0.25, 0.3) is 10.2 Å². The standard InChI is InChI=1S/C15H16N2OS/c1-10-16-13-8-7-12(9-14(13)19-10)17-15(18)11-5-3-2-4-6-11/h2-3,7-9,11H,4-6H2,1H3,(H,17,18)/t11-/m0/s1. The van der Waals surface area contributed by atoms with Crippen molar-refractivity contribution in [2.24, 2.45) is 5.92 Å². The molecule has 1 aromatic carbocycles. The van der Waals surface area contributed by atoms with Gasteiger partial charge in [-0.15, -0.1) is 11.3 Å². The minimum absolute atomic E-state index is 0.115. The molecule has 3 nitrogen and oxygen atoms in total. The van der Waals surface area contributed by atoms with Crippen LogP contribution >= 0.6 is 11.3 Å². The molecule has 4 heteroatoms. The molecular formula is C15H16N2OS. The van der Waals surface area contributed by atoms with Crippen molar-refractivity contribution in [2.75, 3.05) is 5.32 Å². The molecule has 1 amide bonds. The maximum Gasteiger partial charge on any atom is 0.227 e. The van der Waals surface area contributed by atoms with Crippen molar-refractivity contribution in [3.8, 4) is 0 Å². The summed E-state index contributed by atoms with van der Waals surface area (Å²) in [5, 5.41) is 4.07. The molecule has 0 bridgehead atoms. The highest BCUT2D eigenvalue weighted by Crippen LogP contribution is 2.26. The number of anilines is 1. The zero-order chi connectivity index (χ0) is 13.2. The van der Waals surface area contributed by atoms with Crippen LogP contribution in [0.15, 0.2) is 30.4 Å². The summed E-state index contributed by atoms with van der Waals surface area (Å²) in [5.41, 5.74) is 1.87. The Morgan fingerprint density at radius 3 is 3.11 bits per heavy atom. The summed E-state index contributed by atoms with van der Waals surface area (Å²) >= 11 is 1.66. The lowest BCUT2D eigenvalue weighted by Gasteiger charge is -2.17. The maximum atomic E-state index is 12.2. The van der Waals surface area contributed by atoms with E-state index in [1.54, 1.807) is 11.3 Å². The summed E-state index contributed by atoms with van der Waals surface area (Å²) in [4.78, 5) is 16.6. The maximum absolute atomic E-state index is 12.2. The van der Waals surface area contributed by atoms with Gasteiger partial charge in [0.15, 0.2) is 0 Å². The quantitative estimate of drug-likeness (QED) is 0.842. The number of amides is 1. The normalized spacial score (nSPS) is 18.7. The van der Waals surface area contributed by atoms with Crippen LogP contribution in [0.5, 0.6) is 0 Å². The van der Waals surface area contributed by atoms with Crippen molar-refractivity contribution in [1.29, 1.82) is 0 Å². The lowest BCUT2D eigenvalue weighted by Crippen LogP contribution is -2.23. The van der Waals surface area contributed by atoms with Gasteiger partial charge < -0.3 is 5.32 Å². The second kappa shape index (κ2) is 5.13. The smallest absolute Gasteiger partial charge is 0.227 e. The van der Waals surface area contributed by atoms with E-state index in [2.05, 4.69) is 22.5 Å². The van der Waals surface area contributed by atoms with Crippen LogP contribution in [0.2, 0.25) is 0 Å². The van der Waals surface area contributed by atoms with Crippen LogP contribution in [0, 0.1) is 12.8 Å². The number of benzene rings is 1. The van der Waals surface area contributed by atoms with E-state index in [4.69, 9.17) is 0 Å². The highest BCUT2D eigenvalue weighted by atomic mass is 32.1. The fraction of sp³-hybridized carbons (Fsp3) is 0.333. The number of nitrogens with one attached hydrogen (secondary N) is 1. The predicted molar refractivity (Wildman–Crippen MR) is 79.5 cm³/mol. The first-order valence-corrected chi connectivity index (χ1v) is 7.37. The molecule has 1 heterocycles. The second-order valence-corrected chi connectivity index (χ2v) is 6.12. The zero-order valence-corrected chi connectivity index (χ0v) is 11.7. The molecule has 3 rings (SSSR count). The Balaban J connectivity index is 1.76. The Hall–Kier alpha value is -1.68. The molecule has 19 heavy (non-hydrogen) atoms. The lowest BCUT2D eigenvalue weighted by molar-refractivity contribution is -0.120. The van der Waals surface area contributed by atoms with Crippen LogP contribution in [-0.2, 0) is 4.79 Å². The van der Waals surface area contributed by atoms with E-state index in [0.717, 1.165) is 40.2 Å². The van der Waals surface area contributed by atoms with Crippen LogP contribution in [-0.4, -0.2) is 10.9 Å². The lowest BCUT2D eigenvalue weighted by atomic mass is 9.93.